The van der Waals surface area contributed by atoms with E-state index in [4.69, 9.17) is 4.98 Å². The summed E-state index contributed by atoms with van der Waals surface area (Å²) < 4.78 is 2.18. The van der Waals surface area contributed by atoms with Crippen LogP contribution in [0.4, 0.5) is 0 Å². The average molecular weight is 257 g/mol. The van der Waals surface area contributed by atoms with E-state index in [9.17, 15) is 0 Å². The third-order valence-corrected chi connectivity index (χ3v) is 3.77. The molecule has 1 aromatic heterocycles. The molecule has 1 N–H and O–H groups in total. The fourth-order valence-corrected chi connectivity index (χ4v) is 2.35. The lowest BCUT2D eigenvalue weighted by atomic mass is 10.0. The number of hydrogen-bond donors (Lipinski definition) is 1. The second-order valence-electron chi connectivity index (χ2n) is 5.26. The summed E-state index contributed by atoms with van der Waals surface area (Å²) in [5.41, 5.74) is 6.46. The van der Waals surface area contributed by atoms with E-state index in [0.717, 1.165) is 18.8 Å². The molecular weight excluding hydrogens is 234 g/mol. The van der Waals surface area contributed by atoms with Crippen molar-refractivity contribution in [2.75, 3.05) is 7.05 Å². The number of hydrogen-bond acceptors (Lipinski definition) is 2. The van der Waals surface area contributed by atoms with Crippen LogP contribution in [0.25, 0.3) is 0 Å². The van der Waals surface area contributed by atoms with Crippen molar-refractivity contribution in [1.82, 2.24) is 14.9 Å². The molecule has 2 aromatic rings. The van der Waals surface area contributed by atoms with Crippen LogP contribution < -0.4 is 5.32 Å². The number of aromatic nitrogens is 2. The second-order valence-corrected chi connectivity index (χ2v) is 5.26. The van der Waals surface area contributed by atoms with Crippen molar-refractivity contribution < 1.29 is 0 Å². The molecule has 102 valence electrons. The Hall–Kier alpha value is -1.61. The summed E-state index contributed by atoms with van der Waals surface area (Å²) in [5, 5.41) is 3.17. The van der Waals surface area contributed by atoms with E-state index in [1.807, 2.05) is 7.05 Å². The molecule has 0 fully saturated rings. The monoisotopic (exact) mass is 257 g/mol. The molecule has 2 rings (SSSR count). The molecule has 0 bridgehead atoms. The third kappa shape index (κ3) is 2.87. The van der Waals surface area contributed by atoms with E-state index in [-0.39, 0.29) is 0 Å². The van der Waals surface area contributed by atoms with Crippen molar-refractivity contribution in [2.24, 2.45) is 7.05 Å². The fourth-order valence-electron chi connectivity index (χ4n) is 2.35. The predicted molar refractivity (Wildman–Crippen MR) is 79.4 cm³/mol. The zero-order chi connectivity index (χ0) is 14.0. The Kier molecular flexibility index (Phi) is 4.05. The molecule has 0 spiro atoms. The molecule has 1 aromatic carbocycles. The lowest BCUT2D eigenvalue weighted by Gasteiger charge is -2.06. The molecule has 0 aliphatic heterocycles. The van der Waals surface area contributed by atoms with Crippen LogP contribution in [0, 0.1) is 20.8 Å². The summed E-state index contributed by atoms with van der Waals surface area (Å²) in [5.74, 6) is 1.10. The Morgan fingerprint density at radius 2 is 1.95 bits per heavy atom. The number of aryl methyl sites for hydroxylation is 2. The molecule has 3 heteroatoms. The van der Waals surface area contributed by atoms with Gasteiger partial charge in [0.1, 0.15) is 5.82 Å². The molecule has 0 unspecified atom stereocenters. The maximum Gasteiger partial charge on any atom is 0.122 e. The van der Waals surface area contributed by atoms with Gasteiger partial charge >= 0.3 is 0 Å². The summed E-state index contributed by atoms with van der Waals surface area (Å²) >= 11 is 0. The van der Waals surface area contributed by atoms with E-state index in [2.05, 4.69) is 55.9 Å². The second kappa shape index (κ2) is 5.57. The number of benzene rings is 1. The highest BCUT2D eigenvalue weighted by atomic mass is 15.1. The van der Waals surface area contributed by atoms with Gasteiger partial charge in [-0.05, 0) is 38.9 Å². The van der Waals surface area contributed by atoms with Crippen LogP contribution >= 0.6 is 0 Å². The minimum Gasteiger partial charge on any atom is -0.334 e. The maximum absolute atomic E-state index is 4.77. The van der Waals surface area contributed by atoms with E-state index >= 15 is 0 Å². The number of rotatable bonds is 4. The first kappa shape index (κ1) is 13.8. The lowest BCUT2D eigenvalue weighted by molar-refractivity contribution is 0.700. The highest BCUT2D eigenvalue weighted by Crippen LogP contribution is 2.18. The molecule has 0 radical (unpaired) electrons. The van der Waals surface area contributed by atoms with Gasteiger partial charge in [0.25, 0.3) is 0 Å². The van der Waals surface area contributed by atoms with Crippen LogP contribution in [0.5, 0.6) is 0 Å². The van der Waals surface area contributed by atoms with Gasteiger partial charge in [-0.15, -0.1) is 0 Å². The van der Waals surface area contributed by atoms with Crippen molar-refractivity contribution in [1.29, 1.82) is 0 Å². The van der Waals surface area contributed by atoms with Gasteiger partial charge in [0.2, 0.25) is 0 Å². The first-order chi connectivity index (χ1) is 9.02. The highest BCUT2D eigenvalue weighted by Gasteiger charge is 2.12. The molecule has 19 heavy (non-hydrogen) atoms. The van der Waals surface area contributed by atoms with E-state index < -0.39 is 0 Å². The van der Waals surface area contributed by atoms with Crippen molar-refractivity contribution in [3.63, 3.8) is 0 Å². The quantitative estimate of drug-likeness (QED) is 0.912. The molecule has 0 amide bonds. The van der Waals surface area contributed by atoms with Gasteiger partial charge in [-0.3, -0.25) is 0 Å². The SMILES string of the molecule is CNCc1nc(Cc2cc(C)ccc2C)c(C)n1C. The zero-order valence-electron chi connectivity index (χ0n) is 12.5. The number of imidazole rings is 1. The Labute approximate surface area is 115 Å². The van der Waals surface area contributed by atoms with Crippen LogP contribution in [0.1, 0.15) is 33.9 Å². The van der Waals surface area contributed by atoms with E-state index in [1.165, 1.54) is 28.1 Å². The Bertz CT molecular complexity index is 582. The highest BCUT2D eigenvalue weighted by molar-refractivity contribution is 5.34. The molecule has 3 nitrogen and oxygen atoms in total. The summed E-state index contributed by atoms with van der Waals surface area (Å²) in [6, 6.07) is 6.62. The van der Waals surface area contributed by atoms with Gasteiger partial charge < -0.3 is 9.88 Å². The standard InChI is InChI=1S/C16H23N3/c1-11-6-7-12(2)14(8-11)9-15-13(3)19(5)16(18-15)10-17-4/h6-8,17H,9-10H2,1-5H3. The van der Waals surface area contributed by atoms with Crippen molar-refractivity contribution >= 4 is 0 Å². The molecular formula is C16H23N3. The molecule has 0 aliphatic carbocycles. The summed E-state index contributed by atoms with van der Waals surface area (Å²) in [6.07, 6.45) is 0.914. The first-order valence-corrected chi connectivity index (χ1v) is 6.74. The topological polar surface area (TPSA) is 29.9 Å². The van der Waals surface area contributed by atoms with Crippen LogP contribution in [0.3, 0.4) is 0 Å². The smallest absolute Gasteiger partial charge is 0.122 e. The summed E-state index contributed by atoms with van der Waals surface area (Å²) in [6.45, 7) is 7.26. The predicted octanol–water partition coefficient (Wildman–Crippen LogP) is 2.66. The first-order valence-electron chi connectivity index (χ1n) is 6.74. The lowest BCUT2D eigenvalue weighted by Crippen LogP contribution is -2.10. The Balaban J connectivity index is 2.33. The normalized spacial score (nSPS) is 11.0. The van der Waals surface area contributed by atoms with Gasteiger partial charge in [-0.2, -0.15) is 0 Å². The van der Waals surface area contributed by atoms with Gasteiger partial charge in [-0.1, -0.05) is 23.8 Å². The van der Waals surface area contributed by atoms with Gasteiger partial charge in [-0.25, -0.2) is 4.98 Å². The van der Waals surface area contributed by atoms with Crippen molar-refractivity contribution in [3.05, 3.63) is 52.1 Å². The van der Waals surface area contributed by atoms with Crippen LogP contribution in [0.15, 0.2) is 18.2 Å². The van der Waals surface area contributed by atoms with Gasteiger partial charge in [0, 0.05) is 19.2 Å². The molecule has 0 atom stereocenters. The fraction of sp³-hybridized carbons (Fsp3) is 0.438. The average Bonchev–Trinajstić information content (AvgIpc) is 2.63. The number of nitrogens with one attached hydrogen (secondary N) is 1. The maximum atomic E-state index is 4.77. The van der Waals surface area contributed by atoms with E-state index in [0.29, 0.717) is 0 Å². The van der Waals surface area contributed by atoms with Crippen molar-refractivity contribution in [2.45, 2.75) is 33.7 Å². The van der Waals surface area contributed by atoms with Gasteiger partial charge in [0.15, 0.2) is 0 Å². The largest absolute Gasteiger partial charge is 0.334 e. The van der Waals surface area contributed by atoms with Crippen LogP contribution in [-0.2, 0) is 20.0 Å². The molecule has 0 aliphatic rings. The zero-order valence-corrected chi connectivity index (χ0v) is 12.5. The summed E-state index contributed by atoms with van der Waals surface area (Å²) in [4.78, 5) is 4.77. The summed E-state index contributed by atoms with van der Waals surface area (Å²) in [7, 11) is 4.04. The van der Waals surface area contributed by atoms with Gasteiger partial charge in [0.05, 0.1) is 12.2 Å². The van der Waals surface area contributed by atoms with Crippen LogP contribution in [0.2, 0.25) is 0 Å². The molecule has 0 saturated heterocycles. The van der Waals surface area contributed by atoms with E-state index in [1.54, 1.807) is 0 Å². The minimum atomic E-state index is 0.810. The third-order valence-electron chi connectivity index (χ3n) is 3.77. The van der Waals surface area contributed by atoms with Crippen LogP contribution in [-0.4, -0.2) is 16.6 Å². The molecule has 0 saturated carbocycles. The Morgan fingerprint density at radius 1 is 1.21 bits per heavy atom. The number of nitrogens with zero attached hydrogens (tertiary/aromatic N) is 2. The molecule has 1 heterocycles. The minimum absolute atomic E-state index is 0.810. The Morgan fingerprint density at radius 3 is 2.63 bits per heavy atom. The van der Waals surface area contributed by atoms with Crippen molar-refractivity contribution in [3.8, 4) is 0 Å².